The van der Waals surface area contributed by atoms with Crippen molar-refractivity contribution in [3.05, 3.63) is 53.4 Å². The second-order valence-corrected chi connectivity index (χ2v) is 5.24. The van der Waals surface area contributed by atoms with Crippen LogP contribution in [0.1, 0.15) is 30.1 Å². The van der Waals surface area contributed by atoms with E-state index >= 15 is 0 Å². The minimum atomic E-state index is -0.576. The Morgan fingerprint density at radius 2 is 2.11 bits per heavy atom. The van der Waals surface area contributed by atoms with Crippen LogP contribution in [0.5, 0.6) is 0 Å². The van der Waals surface area contributed by atoms with Crippen molar-refractivity contribution in [2.45, 2.75) is 30.6 Å². The molecule has 5 heteroatoms. The van der Waals surface area contributed by atoms with E-state index in [1.807, 2.05) is 6.92 Å². The minimum absolute atomic E-state index is 0.232. The summed E-state index contributed by atoms with van der Waals surface area (Å²) in [7, 11) is 0. The fourth-order valence-corrected chi connectivity index (χ4v) is 2.51. The van der Waals surface area contributed by atoms with Crippen LogP contribution in [0.4, 0.5) is 4.39 Å². The fourth-order valence-electron chi connectivity index (χ4n) is 1.71. The highest BCUT2D eigenvalue weighted by Crippen LogP contribution is 2.24. The highest BCUT2D eigenvalue weighted by Gasteiger charge is 2.09. The smallest absolute Gasteiger partial charge is 0.138 e. The molecule has 3 nitrogen and oxygen atoms in total. The molecule has 0 aliphatic carbocycles. The average molecular weight is 278 g/mol. The molecule has 0 amide bonds. The highest BCUT2D eigenvalue weighted by atomic mass is 32.2. The molecule has 0 saturated carbocycles. The van der Waals surface area contributed by atoms with Crippen LogP contribution < -0.4 is 0 Å². The third kappa shape index (κ3) is 3.52. The van der Waals surface area contributed by atoms with Crippen molar-refractivity contribution >= 4 is 11.8 Å². The summed E-state index contributed by atoms with van der Waals surface area (Å²) in [5.74, 6) is 0.905. The third-order valence-electron chi connectivity index (χ3n) is 2.71. The van der Waals surface area contributed by atoms with E-state index in [1.165, 1.54) is 17.8 Å². The lowest BCUT2D eigenvalue weighted by Gasteiger charge is -2.09. The van der Waals surface area contributed by atoms with E-state index in [0.717, 1.165) is 11.3 Å². The lowest BCUT2D eigenvalue weighted by atomic mass is 10.1. The Morgan fingerprint density at radius 3 is 2.74 bits per heavy atom. The molecule has 1 aromatic heterocycles. The first-order chi connectivity index (χ1) is 9.08. The lowest BCUT2D eigenvalue weighted by molar-refractivity contribution is 0.197. The second-order valence-electron chi connectivity index (χ2n) is 4.22. The van der Waals surface area contributed by atoms with Crippen LogP contribution in [0.2, 0.25) is 0 Å². The lowest BCUT2D eigenvalue weighted by Crippen LogP contribution is -2.02. The minimum Gasteiger partial charge on any atom is -0.389 e. The normalized spacial score (nSPS) is 12.4. The number of aliphatic hydroxyl groups is 1. The van der Waals surface area contributed by atoms with Crippen molar-refractivity contribution < 1.29 is 9.50 Å². The van der Waals surface area contributed by atoms with Crippen LogP contribution in [-0.4, -0.2) is 15.1 Å². The van der Waals surface area contributed by atoms with Crippen molar-refractivity contribution in [1.29, 1.82) is 0 Å². The summed E-state index contributed by atoms with van der Waals surface area (Å²) in [6.07, 6.45) is 1.05. The van der Waals surface area contributed by atoms with E-state index in [4.69, 9.17) is 0 Å². The molecule has 0 radical (unpaired) electrons. The number of aryl methyl sites for hydroxylation is 1. The van der Waals surface area contributed by atoms with Crippen LogP contribution in [0, 0.1) is 12.7 Å². The molecule has 0 saturated heterocycles. The summed E-state index contributed by atoms with van der Waals surface area (Å²) in [5.41, 5.74) is 1.48. The van der Waals surface area contributed by atoms with Gasteiger partial charge in [0.05, 0.1) is 11.9 Å². The topological polar surface area (TPSA) is 46.0 Å². The zero-order valence-electron chi connectivity index (χ0n) is 10.8. The number of hydrogen-bond donors (Lipinski definition) is 1. The molecule has 1 heterocycles. The van der Waals surface area contributed by atoms with Gasteiger partial charge in [0.2, 0.25) is 0 Å². The highest BCUT2D eigenvalue weighted by molar-refractivity contribution is 7.98. The Morgan fingerprint density at radius 1 is 1.37 bits per heavy atom. The molecule has 2 rings (SSSR count). The first-order valence-electron chi connectivity index (χ1n) is 5.95. The third-order valence-corrected chi connectivity index (χ3v) is 3.76. The number of rotatable bonds is 4. The molecular weight excluding hydrogens is 263 g/mol. The average Bonchev–Trinajstić information content (AvgIpc) is 2.37. The molecule has 19 heavy (non-hydrogen) atoms. The Hall–Kier alpha value is -1.46. The monoisotopic (exact) mass is 278 g/mol. The van der Waals surface area contributed by atoms with Crippen molar-refractivity contribution in [2.75, 3.05) is 0 Å². The Kier molecular flexibility index (Phi) is 4.50. The van der Waals surface area contributed by atoms with E-state index in [-0.39, 0.29) is 5.82 Å². The molecule has 0 spiro atoms. The van der Waals surface area contributed by atoms with E-state index in [9.17, 15) is 9.50 Å². The Balaban J connectivity index is 2.08. The number of halogens is 1. The maximum atomic E-state index is 13.4. The van der Waals surface area contributed by atoms with Gasteiger partial charge in [-0.25, -0.2) is 14.4 Å². The quantitative estimate of drug-likeness (QED) is 0.872. The summed E-state index contributed by atoms with van der Waals surface area (Å²) in [4.78, 5) is 9.10. The molecular formula is C14H15FN2OS. The number of hydrogen-bond acceptors (Lipinski definition) is 4. The largest absolute Gasteiger partial charge is 0.389 e. The van der Waals surface area contributed by atoms with Gasteiger partial charge in [-0.1, -0.05) is 12.1 Å². The van der Waals surface area contributed by atoms with Gasteiger partial charge in [0.25, 0.3) is 0 Å². The first kappa shape index (κ1) is 14.0. The molecule has 0 aliphatic heterocycles. The maximum Gasteiger partial charge on any atom is 0.138 e. The number of nitrogens with zero attached hydrogens (tertiary/aromatic N) is 2. The maximum absolute atomic E-state index is 13.4. The van der Waals surface area contributed by atoms with Crippen LogP contribution in [0.3, 0.4) is 0 Å². The number of aromatic nitrogens is 2. The van der Waals surface area contributed by atoms with Crippen LogP contribution in [0.15, 0.2) is 35.4 Å². The zero-order chi connectivity index (χ0) is 13.8. The van der Waals surface area contributed by atoms with Crippen LogP contribution >= 0.6 is 11.8 Å². The summed E-state index contributed by atoms with van der Waals surface area (Å²) in [6, 6.07) is 6.63. The molecule has 0 bridgehead atoms. The summed E-state index contributed by atoms with van der Waals surface area (Å²) < 4.78 is 13.4. The molecule has 2 aromatic rings. The van der Waals surface area contributed by atoms with Crippen molar-refractivity contribution in [3.63, 3.8) is 0 Å². The van der Waals surface area contributed by atoms with Crippen LogP contribution in [0.25, 0.3) is 0 Å². The molecule has 0 fully saturated rings. The van der Waals surface area contributed by atoms with Gasteiger partial charge >= 0.3 is 0 Å². The summed E-state index contributed by atoms with van der Waals surface area (Å²) in [5, 5.41) is 9.50. The van der Waals surface area contributed by atoms with Gasteiger partial charge in [-0.2, -0.15) is 0 Å². The van der Waals surface area contributed by atoms with Crippen LogP contribution in [-0.2, 0) is 5.75 Å². The van der Waals surface area contributed by atoms with Crippen molar-refractivity contribution in [2.24, 2.45) is 0 Å². The van der Waals surface area contributed by atoms with Crippen molar-refractivity contribution in [3.8, 4) is 0 Å². The van der Waals surface area contributed by atoms with Gasteiger partial charge in [0.1, 0.15) is 11.6 Å². The molecule has 1 atom stereocenters. The number of thioether (sulfide) groups is 1. The molecule has 1 N–H and O–H groups in total. The second kappa shape index (κ2) is 6.12. The van der Waals surface area contributed by atoms with Gasteiger partial charge < -0.3 is 5.11 Å². The predicted molar refractivity (Wildman–Crippen MR) is 73.4 cm³/mol. The molecule has 0 aliphatic rings. The van der Waals surface area contributed by atoms with E-state index in [1.54, 1.807) is 31.3 Å². The zero-order valence-corrected chi connectivity index (χ0v) is 11.6. The molecule has 1 unspecified atom stereocenters. The number of aliphatic hydroxyl groups excluding tert-OH is 1. The van der Waals surface area contributed by atoms with Gasteiger partial charge in [-0.15, -0.1) is 11.8 Å². The standard InChI is InChI=1S/C14H15FN2OS/c1-9-11(10(2)18)7-16-14(17-9)8-19-13-6-4-3-5-12(13)15/h3-7,10,18H,8H2,1-2H3. The summed E-state index contributed by atoms with van der Waals surface area (Å²) >= 11 is 1.36. The van der Waals surface area contributed by atoms with Crippen molar-refractivity contribution in [1.82, 2.24) is 9.97 Å². The van der Waals surface area contributed by atoms with Gasteiger partial charge in [0, 0.05) is 22.3 Å². The first-order valence-corrected chi connectivity index (χ1v) is 6.94. The molecule has 1 aromatic carbocycles. The molecule has 100 valence electrons. The SMILES string of the molecule is Cc1nc(CSc2ccccc2F)ncc1C(C)O. The predicted octanol–water partition coefficient (Wildman–Crippen LogP) is 3.27. The Bertz CT molecular complexity index is 575. The van der Waals surface area contributed by atoms with Gasteiger partial charge in [-0.05, 0) is 26.0 Å². The van der Waals surface area contributed by atoms with Gasteiger partial charge in [0.15, 0.2) is 0 Å². The van der Waals surface area contributed by atoms with E-state index in [0.29, 0.717) is 16.5 Å². The number of benzene rings is 1. The van der Waals surface area contributed by atoms with E-state index in [2.05, 4.69) is 9.97 Å². The Labute approximate surface area is 115 Å². The van der Waals surface area contributed by atoms with E-state index < -0.39 is 6.10 Å². The fraction of sp³-hybridized carbons (Fsp3) is 0.286. The summed E-state index contributed by atoms with van der Waals surface area (Å²) in [6.45, 7) is 3.51. The van der Waals surface area contributed by atoms with Gasteiger partial charge in [-0.3, -0.25) is 0 Å².